The maximum atomic E-state index is 11.6. The van der Waals surface area contributed by atoms with E-state index in [1.807, 2.05) is 30.4 Å². The minimum atomic E-state index is -0.0973. The topological polar surface area (TPSA) is 37.4 Å². The summed E-state index contributed by atoms with van der Waals surface area (Å²) in [5.74, 6) is -0.195. The predicted molar refractivity (Wildman–Crippen MR) is 54.5 cm³/mol. The highest BCUT2D eigenvalue weighted by molar-refractivity contribution is 6.06. The van der Waals surface area contributed by atoms with Crippen molar-refractivity contribution < 1.29 is 9.59 Å². The average molecular weight is 199 g/mol. The van der Waals surface area contributed by atoms with Crippen LogP contribution in [0.2, 0.25) is 0 Å². The second-order valence-corrected chi connectivity index (χ2v) is 3.79. The smallest absolute Gasteiger partial charge is 0.238 e. The van der Waals surface area contributed by atoms with Crippen molar-refractivity contribution in [1.82, 2.24) is 4.90 Å². The van der Waals surface area contributed by atoms with E-state index < -0.39 is 0 Å². The number of hydrogen-bond acceptors (Lipinski definition) is 2. The predicted octanol–water partition coefficient (Wildman–Crippen LogP) is 1.46. The second-order valence-electron chi connectivity index (χ2n) is 3.79. The van der Waals surface area contributed by atoms with Crippen molar-refractivity contribution in [2.75, 3.05) is 0 Å². The van der Waals surface area contributed by atoms with E-state index in [9.17, 15) is 9.59 Å². The molecule has 0 spiro atoms. The maximum Gasteiger partial charge on any atom is 0.238 e. The van der Waals surface area contributed by atoms with Gasteiger partial charge >= 0.3 is 0 Å². The van der Waals surface area contributed by atoms with Crippen LogP contribution in [0.5, 0.6) is 0 Å². The maximum absolute atomic E-state index is 11.6. The quantitative estimate of drug-likeness (QED) is 0.554. The van der Waals surface area contributed by atoms with E-state index in [0.717, 1.165) is 16.8 Å². The van der Waals surface area contributed by atoms with E-state index in [-0.39, 0.29) is 11.8 Å². The first kappa shape index (κ1) is 8.41. The number of nitrogens with zero attached hydrogens (tertiary/aromatic N) is 1. The van der Waals surface area contributed by atoms with Gasteiger partial charge in [-0.2, -0.15) is 0 Å². The van der Waals surface area contributed by atoms with Crippen LogP contribution in [0.3, 0.4) is 0 Å². The van der Waals surface area contributed by atoms with Gasteiger partial charge in [0.25, 0.3) is 0 Å². The fourth-order valence-corrected chi connectivity index (χ4v) is 2.22. The largest absolute Gasteiger partial charge is 0.274 e. The van der Waals surface area contributed by atoms with Crippen molar-refractivity contribution in [1.29, 1.82) is 0 Å². The Morgan fingerprint density at radius 3 is 2.67 bits per heavy atom. The molecule has 0 bridgehead atoms. The molecule has 0 N–H and O–H groups in total. The Morgan fingerprint density at radius 1 is 1.00 bits per heavy atom. The zero-order valence-electron chi connectivity index (χ0n) is 8.06. The molecule has 0 aromatic rings. The van der Waals surface area contributed by atoms with Crippen LogP contribution in [0.4, 0.5) is 0 Å². The molecule has 3 aliphatic rings. The minimum absolute atomic E-state index is 0.0973. The van der Waals surface area contributed by atoms with Crippen molar-refractivity contribution in [3.05, 3.63) is 47.2 Å². The van der Waals surface area contributed by atoms with Gasteiger partial charge in [0.1, 0.15) is 0 Å². The number of rotatable bonds is 0. The molecule has 1 fully saturated rings. The molecule has 0 aromatic heterocycles. The molecule has 3 nitrogen and oxygen atoms in total. The van der Waals surface area contributed by atoms with Gasteiger partial charge in [-0.1, -0.05) is 30.4 Å². The van der Waals surface area contributed by atoms with Crippen LogP contribution in [0.25, 0.3) is 0 Å². The third kappa shape index (κ3) is 1.06. The molecule has 2 aliphatic heterocycles. The molecule has 74 valence electrons. The van der Waals surface area contributed by atoms with Crippen molar-refractivity contribution >= 4 is 11.8 Å². The first-order valence-corrected chi connectivity index (χ1v) is 4.90. The molecule has 2 heterocycles. The Bertz CT molecular complexity index is 492. The standard InChI is InChI=1S/C12H9NO2/c14-10-6-8-4-2-1-3-5-9-7-11(15)13(10)12(8)9/h1-5H,6-7H2. The third-order valence-corrected chi connectivity index (χ3v) is 2.83. The monoisotopic (exact) mass is 199 g/mol. The van der Waals surface area contributed by atoms with Crippen LogP contribution in [0, 0.1) is 0 Å². The minimum Gasteiger partial charge on any atom is -0.274 e. The molecule has 3 heteroatoms. The fraction of sp³-hybridized carbons (Fsp3) is 0.167. The molecule has 0 atom stereocenters. The van der Waals surface area contributed by atoms with Gasteiger partial charge in [0.2, 0.25) is 11.8 Å². The Balaban J connectivity index is 2.22. The summed E-state index contributed by atoms with van der Waals surface area (Å²) in [6, 6.07) is 0. The van der Waals surface area contributed by atoms with Gasteiger partial charge in [-0.05, 0) is 11.1 Å². The number of allylic oxidation sites excluding steroid dienone is 6. The summed E-state index contributed by atoms with van der Waals surface area (Å²) in [7, 11) is 0. The first-order chi connectivity index (χ1) is 7.27. The zero-order valence-corrected chi connectivity index (χ0v) is 8.06. The number of amides is 2. The summed E-state index contributed by atoms with van der Waals surface area (Å²) < 4.78 is 0. The molecular formula is C12H9NO2. The summed E-state index contributed by atoms with van der Waals surface area (Å²) in [5, 5.41) is 0. The highest BCUT2D eigenvalue weighted by atomic mass is 16.2. The van der Waals surface area contributed by atoms with Crippen LogP contribution in [-0.4, -0.2) is 16.7 Å². The Hall–Kier alpha value is -1.90. The fourth-order valence-electron chi connectivity index (χ4n) is 2.22. The van der Waals surface area contributed by atoms with E-state index in [1.54, 1.807) is 0 Å². The summed E-state index contributed by atoms with van der Waals surface area (Å²) in [6.45, 7) is 0. The van der Waals surface area contributed by atoms with E-state index >= 15 is 0 Å². The summed E-state index contributed by atoms with van der Waals surface area (Å²) >= 11 is 0. The molecule has 0 saturated carbocycles. The van der Waals surface area contributed by atoms with Crippen LogP contribution >= 0.6 is 0 Å². The van der Waals surface area contributed by atoms with E-state index in [2.05, 4.69) is 0 Å². The van der Waals surface area contributed by atoms with E-state index in [1.165, 1.54) is 4.90 Å². The summed E-state index contributed by atoms with van der Waals surface area (Å²) in [5.41, 5.74) is 2.74. The summed E-state index contributed by atoms with van der Waals surface area (Å²) in [6.07, 6.45) is 10.2. The molecule has 3 rings (SSSR count). The third-order valence-electron chi connectivity index (χ3n) is 2.83. The molecular weight excluding hydrogens is 190 g/mol. The normalized spacial score (nSPS) is 23.2. The number of hydrogen-bond donors (Lipinski definition) is 0. The van der Waals surface area contributed by atoms with Crippen LogP contribution in [0.1, 0.15) is 12.8 Å². The van der Waals surface area contributed by atoms with E-state index in [4.69, 9.17) is 0 Å². The zero-order chi connectivity index (χ0) is 10.4. The van der Waals surface area contributed by atoms with Crippen LogP contribution in [-0.2, 0) is 9.59 Å². The molecule has 1 aliphatic carbocycles. The second kappa shape index (κ2) is 2.79. The lowest BCUT2D eigenvalue weighted by Gasteiger charge is -2.08. The van der Waals surface area contributed by atoms with Gasteiger partial charge in [-0.3, -0.25) is 9.59 Å². The summed E-state index contributed by atoms with van der Waals surface area (Å²) in [4.78, 5) is 24.6. The van der Waals surface area contributed by atoms with Crippen LogP contribution in [0.15, 0.2) is 47.2 Å². The highest BCUT2D eigenvalue weighted by Gasteiger charge is 2.41. The SMILES string of the molecule is O=C1CC2=CC=CC=CC3=C2N1C(=O)C3. The van der Waals surface area contributed by atoms with Gasteiger partial charge in [0.05, 0.1) is 18.5 Å². The molecule has 0 aromatic carbocycles. The van der Waals surface area contributed by atoms with Crippen molar-refractivity contribution in [2.45, 2.75) is 12.8 Å². The Kier molecular flexibility index (Phi) is 1.57. The lowest BCUT2D eigenvalue weighted by atomic mass is 10.0. The lowest BCUT2D eigenvalue weighted by molar-refractivity contribution is -0.138. The van der Waals surface area contributed by atoms with Crippen molar-refractivity contribution in [3.63, 3.8) is 0 Å². The lowest BCUT2D eigenvalue weighted by Crippen LogP contribution is -2.25. The number of imide groups is 1. The Labute approximate surface area is 87.1 Å². The molecule has 2 amide bonds. The van der Waals surface area contributed by atoms with Gasteiger partial charge in [-0.25, -0.2) is 4.90 Å². The highest BCUT2D eigenvalue weighted by Crippen LogP contribution is 2.38. The first-order valence-electron chi connectivity index (χ1n) is 4.90. The average Bonchev–Trinajstić information content (AvgIpc) is 2.64. The molecule has 0 unspecified atom stereocenters. The van der Waals surface area contributed by atoms with E-state index in [0.29, 0.717) is 12.8 Å². The van der Waals surface area contributed by atoms with Gasteiger partial charge < -0.3 is 0 Å². The molecule has 15 heavy (non-hydrogen) atoms. The molecule has 0 radical (unpaired) electrons. The van der Waals surface area contributed by atoms with Gasteiger partial charge in [0, 0.05) is 0 Å². The number of carbonyl (C=O) groups is 2. The van der Waals surface area contributed by atoms with Gasteiger partial charge in [0.15, 0.2) is 0 Å². The van der Waals surface area contributed by atoms with Gasteiger partial charge in [-0.15, -0.1) is 0 Å². The molecule has 1 saturated heterocycles. The Morgan fingerprint density at radius 2 is 1.80 bits per heavy atom. The van der Waals surface area contributed by atoms with Crippen molar-refractivity contribution in [2.24, 2.45) is 0 Å². The van der Waals surface area contributed by atoms with Crippen molar-refractivity contribution in [3.8, 4) is 0 Å². The number of carbonyl (C=O) groups excluding carboxylic acids is 2. The van der Waals surface area contributed by atoms with Crippen LogP contribution < -0.4 is 0 Å².